The second kappa shape index (κ2) is 7.10. The summed E-state index contributed by atoms with van der Waals surface area (Å²) in [5, 5.41) is 2.84. The SMILES string of the molecule is Nc1cnccc1SCC(=O)Nc1ccc(Br)cc1Br. The Labute approximate surface area is 137 Å². The van der Waals surface area contributed by atoms with Gasteiger partial charge in [-0.1, -0.05) is 15.9 Å². The van der Waals surface area contributed by atoms with Crippen LogP contribution in [-0.2, 0) is 4.79 Å². The number of nitrogens with zero attached hydrogens (tertiary/aromatic N) is 1. The van der Waals surface area contributed by atoms with Gasteiger partial charge in [-0.2, -0.15) is 0 Å². The van der Waals surface area contributed by atoms with E-state index < -0.39 is 0 Å². The van der Waals surface area contributed by atoms with E-state index in [9.17, 15) is 4.79 Å². The molecule has 0 atom stereocenters. The number of anilines is 2. The molecule has 1 amide bonds. The minimum atomic E-state index is -0.0887. The number of pyridine rings is 1. The van der Waals surface area contributed by atoms with Crippen LogP contribution in [0.25, 0.3) is 0 Å². The summed E-state index contributed by atoms with van der Waals surface area (Å²) in [5.74, 6) is 0.200. The third kappa shape index (κ3) is 4.22. The molecule has 0 aliphatic rings. The van der Waals surface area contributed by atoms with Gasteiger partial charge in [0.25, 0.3) is 0 Å². The van der Waals surface area contributed by atoms with E-state index in [0.717, 1.165) is 19.5 Å². The van der Waals surface area contributed by atoms with Crippen LogP contribution >= 0.6 is 43.6 Å². The third-order valence-corrected chi connectivity index (χ3v) is 4.61. The van der Waals surface area contributed by atoms with Crippen molar-refractivity contribution in [3.8, 4) is 0 Å². The fourth-order valence-electron chi connectivity index (χ4n) is 1.45. The highest BCUT2D eigenvalue weighted by atomic mass is 79.9. The van der Waals surface area contributed by atoms with E-state index in [1.54, 1.807) is 18.5 Å². The predicted octanol–water partition coefficient (Wildman–Crippen LogP) is 3.92. The Bertz CT molecular complexity index is 637. The normalized spacial score (nSPS) is 10.3. The number of carbonyl (C=O) groups excluding carboxylic acids is 1. The Morgan fingerprint density at radius 1 is 1.35 bits per heavy atom. The number of thioether (sulfide) groups is 1. The van der Waals surface area contributed by atoms with Gasteiger partial charge in [-0.15, -0.1) is 11.8 Å². The maximum absolute atomic E-state index is 11.9. The van der Waals surface area contributed by atoms with E-state index in [1.807, 2.05) is 18.2 Å². The second-order valence-corrected chi connectivity index (χ2v) is 6.66. The molecule has 0 fully saturated rings. The molecule has 0 aliphatic carbocycles. The summed E-state index contributed by atoms with van der Waals surface area (Å²) in [4.78, 5) is 16.7. The molecule has 7 heteroatoms. The van der Waals surface area contributed by atoms with Crippen LogP contribution in [0.4, 0.5) is 11.4 Å². The Kier molecular flexibility index (Phi) is 5.45. The fraction of sp³-hybridized carbons (Fsp3) is 0.0769. The molecule has 2 rings (SSSR count). The molecule has 2 aromatic rings. The minimum Gasteiger partial charge on any atom is -0.397 e. The van der Waals surface area contributed by atoms with Crippen molar-refractivity contribution in [1.29, 1.82) is 0 Å². The topological polar surface area (TPSA) is 68.0 Å². The zero-order valence-corrected chi connectivity index (χ0v) is 14.3. The number of hydrogen-bond acceptors (Lipinski definition) is 4. The average Bonchev–Trinajstić information content (AvgIpc) is 2.41. The van der Waals surface area contributed by atoms with E-state index in [-0.39, 0.29) is 11.7 Å². The molecular weight excluding hydrogens is 406 g/mol. The van der Waals surface area contributed by atoms with Crippen molar-refractivity contribution in [2.75, 3.05) is 16.8 Å². The lowest BCUT2D eigenvalue weighted by Crippen LogP contribution is -2.14. The van der Waals surface area contributed by atoms with Crippen molar-refractivity contribution in [2.45, 2.75) is 4.90 Å². The monoisotopic (exact) mass is 415 g/mol. The number of aromatic nitrogens is 1. The quantitative estimate of drug-likeness (QED) is 0.741. The number of rotatable bonds is 4. The van der Waals surface area contributed by atoms with Gasteiger partial charge in [0.1, 0.15) is 0 Å². The summed E-state index contributed by atoms with van der Waals surface area (Å²) in [5.41, 5.74) is 7.09. The molecule has 0 saturated heterocycles. The Hall–Kier alpha value is -1.05. The molecule has 0 bridgehead atoms. The summed E-state index contributed by atoms with van der Waals surface area (Å²) in [6, 6.07) is 7.37. The van der Waals surface area contributed by atoms with Crippen molar-refractivity contribution >= 4 is 60.9 Å². The van der Waals surface area contributed by atoms with Crippen LogP contribution in [0.15, 0.2) is 50.5 Å². The average molecular weight is 417 g/mol. The molecule has 20 heavy (non-hydrogen) atoms. The summed E-state index contributed by atoms with van der Waals surface area (Å²) < 4.78 is 1.77. The third-order valence-electron chi connectivity index (χ3n) is 2.37. The van der Waals surface area contributed by atoms with Gasteiger partial charge >= 0.3 is 0 Å². The smallest absolute Gasteiger partial charge is 0.234 e. The number of benzene rings is 1. The molecule has 1 aromatic carbocycles. The van der Waals surface area contributed by atoms with E-state index in [1.165, 1.54) is 11.8 Å². The first-order chi connectivity index (χ1) is 9.56. The van der Waals surface area contributed by atoms with E-state index >= 15 is 0 Å². The lowest BCUT2D eigenvalue weighted by Gasteiger charge is -2.08. The maximum atomic E-state index is 11.9. The van der Waals surface area contributed by atoms with Crippen LogP contribution in [-0.4, -0.2) is 16.6 Å². The van der Waals surface area contributed by atoms with Crippen LogP contribution in [0.1, 0.15) is 0 Å². The molecule has 1 heterocycles. The fourth-order valence-corrected chi connectivity index (χ4v) is 3.33. The first-order valence-corrected chi connectivity index (χ1v) is 8.20. The van der Waals surface area contributed by atoms with Crippen LogP contribution in [0.5, 0.6) is 0 Å². The molecule has 3 N–H and O–H groups in total. The number of nitrogens with one attached hydrogen (secondary N) is 1. The van der Waals surface area contributed by atoms with Gasteiger partial charge in [-0.3, -0.25) is 9.78 Å². The molecular formula is C13H11Br2N3OS. The molecule has 1 aromatic heterocycles. The molecule has 0 aliphatic heterocycles. The Balaban J connectivity index is 1.94. The van der Waals surface area contributed by atoms with Crippen LogP contribution in [0.2, 0.25) is 0 Å². The second-order valence-electron chi connectivity index (χ2n) is 3.87. The highest BCUT2D eigenvalue weighted by Crippen LogP contribution is 2.27. The van der Waals surface area contributed by atoms with Gasteiger partial charge < -0.3 is 11.1 Å². The number of carbonyl (C=O) groups is 1. The summed E-state index contributed by atoms with van der Waals surface area (Å²) in [6.45, 7) is 0. The highest BCUT2D eigenvalue weighted by molar-refractivity contribution is 9.11. The maximum Gasteiger partial charge on any atom is 0.234 e. The van der Waals surface area contributed by atoms with Gasteiger partial charge in [-0.05, 0) is 40.2 Å². The van der Waals surface area contributed by atoms with Crippen LogP contribution < -0.4 is 11.1 Å². The number of halogens is 2. The minimum absolute atomic E-state index is 0.0887. The lowest BCUT2D eigenvalue weighted by atomic mass is 10.3. The van der Waals surface area contributed by atoms with Gasteiger partial charge in [0.15, 0.2) is 0 Å². The van der Waals surface area contributed by atoms with E-state index in [0.29, 0.717) is 5.69 Å². The summed E-state index contributed by atoms with van der Waals surface area (Å²) >= 11 is 8.15. The molecule has 0 saturated carbocycles. The molecule has 104 valence electrons. The van der Waals surface area contributed by atoms with Crippen LogP contribution in [0.3, 0.4) is 0 Å². The van der Waals surface area contributed by atoms with Crippen molar-refractivity contribution < 1.29 is 4.79 Å². The first-order valence-electron chi connectivity index (χ1n) is 5.63. The molecule has 0 spiro atoms. The summed E-state index contributed by atoms with van der Waals surface area (Å²) in [7, 11) is 0. The highest BCUT2D eigenvalue weighted by Gasteiger charge is 2.08. The van der Waals surface area contributed by atoms with Crippen molar-refractivity contribution in [2.24, 2.45) is 0 Å². The molecule has 0 unspecified atom stereocenters. The van der Waals surface area contributed by atoms with Gasteiger partial charge in [0.2, 0.25) is 5.91 Å². The van der Waals surface area contributed by atoms with Crippen LogP contribution in [0, 0.1) is 0 Å². The van der Waals surface area contributed by atoms with Gasteiger partial charge in [0.05, 0.1) is 23.3 Å². The zero-order valence-electron chi connectivity index (χ0n) is 10.3. The number of nitrogen functional groups attached to an aromatic ring is 1. The van der Waals surface area contributed by atoms with E-state index in [2.05, 4.69) is 42.2 Å². The van der Waals surface area contributed by atoms with Crippen molar-refractivity contribution in [1.82, 2.24) is 4.98 Å². The predicted molar refractivity (Wildman–Crippen MR) is 89.8 cm³/mol. The summed E-state index contributed by atoms with van der Waals surface area (Å²) in [6.07, 6.45) is 3.23. The van der Waals surface area contributed by atoms with Crippen molar-refractivity contribution in [3.63, 3.8) is 0 Å². The first kappa shape index (κ1) is 15.3. The van der Waals surface area contributed by atoms with Gasteiger partial charge in [-0.25, -0.2) is 0 Å². The van der Waals surface area contributed by atoms with Gasteiger partial charge in [0, 0.05) is 20.0 Å². The van der Waals surface area contributed by atoms with E-state index in [4.69, 9.17) is 5.73 Å². The molecule has 4 nitrogen and oxygen atoms in total. The zero-order chi connectivity index (χ0) is 14.5. The Morgan fingerprint density at radius 3 is 2.85 bits per heavy atom. The lowest BCUT2D eigenvalue weighted by molar-refractivity contribution is -0.113. The van der Waals surface area contributed by atoms with Crippen molar-refractivity contribution in [3.05, 3.63) is 45.6 Å². The molecule has 0 radical (unpaired) electrons. The standard InChI is InChI=1S/C13H11Br2N3OS/c14-8-1-2-11(9(15)5-8)18-13(19)7-20-12-3-4-17-6-10(12)16/h1-6H,7,16H2,(H,18,19). The Morgan fingerprint density at radius 2 is 2.15 bits per heavy atom. The number of nitrogens with two attached hydrogens (primary N) is 1. The number of amides is 1. The largest absolute Gasteiger partial charge is 0.397 e. The number of hydrogen-bond donors (Lipinski definition) is 2.